The van der Waals surface area contributed by atoms with E-state index in [1.54, 1.807) is 30.3 Å². The summed E-state index contributed by atoms with van der Waals surface area (Å²) in [7, 11) is 1.22. The van der Waals surface area contributed by atoms with Gasteiger partial charge < -0.3 is 30.8 Å². The van der Waals surface area contributed by atoms with Crippen molar-refractivity contribution >= 4 is 45.7 Å². The van der Waals surface area contributed by atoms with Gasteiger partial charge in [-0.2, -0.15) is 5.21 Å². The monoisotopic (exact) mass is 597 g/mol. The van der Waals surface area contributed by atoms with Crippen molar-refractivity contribution in [3.8, 4) is 11.5 Å². The number of hydrogen-bond donors (Lipinski definition) is 4. The van der Waals surface area contributed by atoms with Crippen LogP contribution in [0, 0.1) is 5.21 Å². The van der Waals surface area contributed by atoms with E-state index in [0.29, 0.717) is 41.4 Å². The summed E-state index contributed by atoms with van der Waals surface area (Å²) in [6.07, 6.45) is 1.39. The van der Waals surface area contributed by atoms with E-state index in [4.69, 9.17) is 10.5 Å². The van der Waals surface area contributed by atoms with Gasteiger partial charge in [-0.1, -0.05) is 38.3 Å². The smallest absolute Gasteiger partial charge is 0.359 e. The summed E-state index contributed by atoms with van der Waals surface area (Å²) in [5, 5.41) is 33.4. The minimum Gasteiger partial charge on any atom is -0.579 e. The van der Waals surface area contributed by atoms with Gasteiger partial charge in [0.05, 0.1) is 26.2 Å². The van der Waals surface area contributed by atoms with E-state index in [1.165, 1.54) is 13.2 Å². The van der Waals surface area contributed by atoms with Crippen molar-refractivity contribution in [3.63, 3.8) is 0 Å². The highest BCUT2D eigenvalue weighted by Gasteiger charge is 2.44. The lowest BCUT2D eigenvalue weighted by molar-refractivity contribution is -0.880. The van der Waals surface area contributed by atoms with Gasteiger partial charge in [-0.25, -0.2) is 9.59 Å². The number of nitrogens with zero attached hydrogens (tertiary/aromatic N) is 1. The fraction of sp³-hybridized carbons (Fsp3) is 0.375. The van der Waals surface area contributed by atoms with Gasteiger partial charge in [0.1, 0.15) is 34.3 Å². The van der Waals surface area contributed by atoms with Crippen LogP contribution in [0.15, 0.2) is 40.9 Å². The van der Waals surface area contributed by atoms with E-state index in [1.807, 2.05) is 0 Å². The number of carbonyl (C=O) groups is 3. The molecule has 5 N–H and O–H groups in total. The van der Waals surface area contributed by atoms with Gasteiger partial charge in [-0.3, -0.25) is 4.79 Å². The van der Waals surface area contributed by atoms with Crippen molar-refractivity contribution in [2.75, 3.05) is 20.3 Å². The Balaban J connectivity index is 1.41. The van der Waals surface area contributed by atoms with Crippen LogP contribution in [-0.2, 0) is 20.7 Å². The predicted molar refractivity (Wildman–Crippen MR) is 138 cm³/mol. The van der Waals surface area contributed by atoms with Gasteiger partial charge >= 0.3 is 11.9 Å². The Labute approximate surface area is 226 Å². The van der Waals surface area contributed by atoms with E-state index in [9.17, 15) is 29.9 Å². The number of halogens is 1. The molecule has 0 saturated carbocycles. The van der Waals surface area contributed by atoms with Gasteiger partial charge in [0, 0.05) is 11.0 Å². The Morgan fingerprint density at radius 2 is 2.08 bits per heavy atom. The number of hydroxylamine groups is 2. The fourth-order valence-electron chi connectivity index (χ4n) is 3.71. The number of ether oxygens (including phenoxy) is 2. The first-order chi connectivity index (χ1) is 17.5. The molecule has 0 radical (unpaired) electrons. The zero-order chi connectivity index (χ0) is 27.2. The summed E-state index contributed by atoms with van der Waals surface area (Å²) in [5.41, 5.74) is 7.52. The molecular weight excluding hydrogens is 570 g/mol. The third kappa shape index (κ3) is 7.43. The molecule has 0 spiro atoms. The number of carbonyl (C=O) groups excluding carboxylic acids is 3. The molecule has 0 aliphatic carbocycles. The van der Waals surface area contributed by atoms with Gasteiger partial charge in [0.15, 0.2) is 0 Å². The Kier molecular flexibility index (Phi) is 9.93. The number of benzene rings is 2. The lowest BCUT2D eigenvalue weighted by atomic mass is 10.0. The molecule has 2 unspecified atom stereocenters. The van der Waals surface area contributed by atoms with Gasteiger partial charge in [0.2, 0.25) is 5.91 Å². The molecular formula is C24H28BrN3O8S. The molecule has 11 nitrogen and oxygen atoms in total. The molecule has 37 heavy (non-hydrogen) atoms. The van der Waals surface area contributed by atoms with Crippen LogP contribution < -0.4 is 15.8 Å². The summed E-state index contributed by atoms with van der Waals surface area (Å²) >= 11 is 4.05. The number of unbranched alkanes of at least 4 members (excludes halogenated alkanes) is 1. The van der Waals surface area contributed by atoms with E-state index in [2.05, 4.69) is 26.0 Å². The maximum Gasteiger partial charge on any atom is 0.359 e. The zero-order valence-corrected chi connectivity index (χ0v) is 22.4. The number of aromatic hydroxyl groups is 1. The van der Waals surface area contributed by atoms with Crippen LogP contribution in [0.5, 0.6) is 11.5 Å². The number of nitrogens with one attached hydrogen (secondary N) is 1. The molecule has 0 aromatic heterocycles. The first-order valence-corrected chi connectivity index (χ1v) is 13.1. The molecule has 2 aromatic carbocycles. The van der Waals surface area contributed by atoms with Gasteiger partial charge in [-0.15, -0.1) is 0 Å². The zero-order valence-electron chi connectivity index (χ0n) is 20.0. The fourth-order valence-corrected chi connectivity index (χ4v) is 5.64. The van der Waals surface area contributed by atoms with E-state index < -0.39 is 27.4 Å². The number of esters is 1. The number of rotatable bonds is 11. The summed E-state index contributed by atoms with van der Waals surface area (Å²) in [6.45, 7) is 0.648. The Morgan fingerprint density at radius 1 is 1.32 bits per heavy atom. The number of amides is 2. The van der Waals surface area contributed by atoms with Crippen molar-refractivity contribution in [3.05, 3.63) is 62.8 Å². The van der Waals surface area contributed by atoms with Gasteiger partial charge in [-0.05, 0) is 48.6 Å². The maximum absolute atomic E-state index is 12.4. The van der Waals surface area contributed by atoms with Crippen molar-refractivity contribution in [1.82, 2.24) is 5.32 Å². The van der Waals surface area contributed by atoms with E-state index in [0.717, 1.165) is 5.56 Å². The number of quaternary nitrogens is 1. The number of methoxy groups -OCH3 is 1. The second-order valence-corrected chi connectivity index (χ2v) is 10.5. The molecule has 0 bridgehead atoms. The first-order valence-electron chi connectivity index (χ1n) is 11.4. The largest absolute Gasteiger partial charge is 0.579 e. The van der Waals surface area contributed by atoms with E-state index in [-0.39, 0.29) is 42.4 Å². The Hall–Kier alpha value is -2.68. The predicted octanol–water partition coefficient (Wildman–Crippen LogP) is 3.11. The van der Waals surface area contributed by atoms with Crippen molar-refractivity contribution in [1.29, 1.82) is 0 Å². The highest BCUT2D eigenvalue weighted by molar-refractivity contribution is 9.10. The average Bonchev–Trinajstić information content (AvgIpc) is 3.12. The molecule has 13 heteroatoms. The highest BCUT2D eigenvalue weighted by atomic mass is 79.9. The molecule has 3 rings (SSSR count). The molecule has 200 valence electrons. The number of phenolic OH excluding ortho intramolecular Hbond substituents is 1. The minimum atomic E-state index is -1.94. The SMILES string of the molecule is COC(=O)c1c(O)cccc1OCCCCNC(=O)[C@@H](N)Cc1ccc(C2CC(=O)[N+]([O-])(O)S2)c(Br)c1. The standard InChI is InChI=1S/C24H28BrN3O8S/c1-35-24(32)22-18(29)5-4-6-19(22)36-10-3-2-9-27-23(31)17(26)12-14-7-8-15(16(25)11-14)20-13-21(30)28(33,34)37-20/h4-8,11,17,20,29,33H,2-3,9-10,12-13,26H2,1H3,(H,27,31)/t17-,20?/m0/s1. The number of phenols is 1. The lowest BCUT2D eigenvalue weighted by Gasteiger charge is -2.22. The number of hydrogen-bond acceptors (Lipinski definition) is 10. The van der Waals surface area contributed by atoms with Crippen LogP contribution in [0.3, 0.4) is 0 Å². The molecule has 1 aliphatic rings. The number of nitrogens with two attached hydrogens (primary N) is 1. The first kappa shape index (κ1) is 28.9. The van der Waals surface area contributed by atoms with Crippen LogP contribution in [0.25, 0.3) is 0 Å². The summed E-state index contributed by atoms with van der Waals surface area (Å²) in [6, 6.07) is 9.01. The molecule has 2 aromatic rings. The maximum atomic E-state index is 12.4. The average molecular weight is 598 g/mol. The molecule has 1 saturated heterocycles. The summed E-state index contributed by atoms with van der Waals surface area (Å²) in [4.78, 5) is 35.9. The van der Waals surface area contributed by atoms with Crippen LogP contribution in [0.4, 0.5) is 0 Å². The molecule has 1 heterocycles. The summed E-state index contributed by atoms with van der Waals surface area (Å²) in [5.74, 6) is -1.82. The minimum absolute atomic E-state index is 0.0366. The van der Waals surface area contributed by atoms with E-state index >= 15 is 0 Å². The van der Waals surface area contributed by atoms with Crippen molar-refractivity contribution < 1.29 is 38.4 Å². The van der Waals surface area contributed by atoms with Gasteiger partial charge in [0.25, 0.3) is 0 Å². The van der Waals surface area contributed by atoms with Crippen LogP contribution >= 0.6 is 27.9 Å². The lowest BCUT2D eigenvalue weighted by Crippen LogP contribution is -2.42. The topological polar surface area (TPSA) is 171 Å². The second kappa shape index (κ2) is 12.7. The Bertz CT molecular complexity index is 1160. The summed E-state index contributed by atoms with van der Waals surface area (Å²) < 4.78 is 8.98. The van der Waals surface area contributed by atoms with Crippen LogP contribution in [-0.4, -0.2) is 58.6 Å². The second-order valence-electron chi connectivity index (χ2n) is 8.37. The molecule has 1 fully saturated rings. The third-order valence-electron chi connectivity index (χ3n) is 5.67. The quantitative estimate of drug-likeness (QED) is 0.0752. The van der Waals surface area contributed by atoms with Crippen LogP contribution in [0.2, 0.25) is 0 Å². The van der Waals surface area contributed by atoms with Crippen molar-refractivity contribution in [2.24, 2.45) is 5.73 Å². The normalized spacial score (nSPS) is 19.9. The van der Waals surface area contributed by atoms with Crippen molar-refractivity contribution in [2.45, 2.75) is 37.0 Å². The molecule has 3 atom stereocenters. The molecule has 1 aliphatic heterocycles. The third-order valence-corrected chi connectivity index (χ3v) is 7.52. The molecule has 2 amide bonds. The van der Waals surface area contributed by atoms with Crippen LogP contribution in [0.1, 0.15) is 46.0 Å². The Morgan fingerprint density at radius 3 is 2.73 bits per heavy atom. The highest BCUT2D eigenvalue weighted by Crippen LogP contribution is 2.47.